The van der Waals surface area contributed by atoms with Crippen LogP contribution >= 0.6 is 23.1 Å². The summed E-state index contributed by atoms with van der Waals surface area (Å²) in [6.07, 6.45) is 8.22. The Bertz CT molecular complexity index is 1800. The normalized spacial score (nSPS) is 13.6. The summed E-state index contributed by atoms with van der Waals surface area (Å²) in [5, 5.41) is 8.85. The molecule has 0 saturated heterocycles. The highest BCUT2D eigenvalue weighted by Crippen LogP contribution is 2.38. The Morgan fingerprint density at radius 1 is 0.857 bits per heavy atom. The molecule has 49 heavy (non-hydrogen) atoms. The Morgan fingerprint density at radius 3 is 2.29 bits per heavy atom. The molecule has 3 aromatic carbocycles. The lowest BCUT2D eigenvalue weighted by molar-refractivity contribution is -0.116. The zero-order valence-corrected chi connectivity index (χ0v) is 29.4. The second-order valence-electron chi connectivity index (χ2n) is 11.6. The number of anilines is 2. The minimum Gasteiger partial charge on any atom is -0.462 e. The molecule has 1 heterocycles. The number of benzene rings is 3. The smallest absolute Gasteiger partial charge is 0.341 e. The number of ether oxygens (including phenoxy) is 1. The van der Waals surface area contributed by atoms with Crippen molar-refractivity contribution in [3.05, 3.63) is 118 Å². The molecule has 3 amide bonds. The molecule has 0 radical (unpaired) electrons. The van der Waals surface area contributed by atoms with Gasteiger partial charge in [-0.1, -0.05) is 74.4 Å². The topological polar surface area (TPSA) is 114 Å². The standard InChI is InChI=1S/C39H41N3O5S2/c1-3-32(37(45)42-38-34(39(46)47-4-2)30-22-13-5-6-14-23-33(30)49-38)48-29-21-15-20-28(25-29)40-36(44)31(24-26-16-9-7-10-17-26)41-35(43)27-18-11-8-12-19-27/h7-12,15-21,24-25,32H,3-6,13-14,22-23H2,1-2H3,(H,40,44)(H,41,43)(H,42,45)/b31-24-. The summed E-state index contributed by atoms with van der Waals surface area (Å²) in [6, 6.07) is 25.2. The molecule has 1 unspecified atom stereocenters. The molecule has 1 atom stereocenters. The third-order valence-electron chi connectivity index (χ3n) is 8.06. The van der Waals surface area contributed by atoms with Gasteiger partial charge in [0.2, 0.25) is 5.91 Å². The number of fused-ring (bicyclic) bond motifs is 1. The van der Waals surface area contributed by atoms with Gasteiger partial charge in [0.25, 0.3) is 11.8 Å². The molecule has 0 aliphatic heterocycles. The fourth-order valence-corrected chi connectivity index (χ4v) is 7.90. The van der Waals surface area contributed by atoms with E-state index >= 15 is 0 Å². The van der Waals surface area contributed by atoms with Crippen LogP contribution in [-0.2, 0) is 27.2 Å². The fraction of sp³-hybridized carbons (Fsp3) is 0.282. The second kappa shape index (κ2) is 17.6. The Morgan fingerprint density at radius 2 is 1.57 bits per heavy atom. The van der Waals surface area contributed by atoms with Crippen molar-refractivity contribution in [2.45, 2.75) is 68.9 Å². The van der Waals surface area contributed by atoms with Gasteiger partial charge in [0.15, 0.2) is 0 Å². The van der Waals surface area contributed by atoms with Gasteiger partial charge in [0.05, 0.1) is 17.4 Å². The summed E-state index contributed by atoms with van der Waals surface area (Å²) in [7, 11) is 0. The molecule has 1 aromatic heterocycles. The Hall–Kier alpha value is -4.67. The summed E-state index contributed by atoms with van der Waals surface area (Å²) in [5.74, 6) is -1.47. The van der Waals surface area contributed by atoms with Gasteiger partial charge >= 0.3 is 5.97 Å². The van der Waals surface area contributed by atoms with Gasteiger partial charge in [-0.3, -0.25) is 14.4 Å². The van der Waals surface area contributed by atoms with Gasteiger partial charge in [-0.15, -0.1) is 23.1 Å². The summed E-state index contributed by atoms with van der Waals surface area (Å²) in [5.41, 5.74) is 3.31. The number of nitrogens with one attached hydrogen (secondary N) is 3. The Kier molecular flexibility index (Phi) is 12.8. The first-order valence-corrected chi connectivity index (χ1v) is 18.4. The van der Waals surface area contributed by atoms with Crippen LogP contribution in [0.4, 0.5) is 10.7 Å². The highest BCUT2D eigenvalue weighted by Gasteiger charge is 2.28. The average molecular weight is 696 g/mol. The van der Waals surface area contributed by atoms with Crippen LogP contribution in [0, 0.1) is 0 Å². The highest BCUT2D eigenvalue weighted by molar-refractivity contribution is 8.00. The van der Waals surface area contributed by atoms with Crippen LogP contribution in [0.3, 0.4) is 0 Å². The Labute approximate surface area is 295 Å². The van der Waals surface area contributed by atoms with Crippen LogP contribution in [0.2, 0.25) is 0 Å². The molecule has 1 aliphatic carbocycles. The first-order valence-electron chi connectivity index (χ1n) is 16.7. The van der Waals surface area contributed by atoms with Gasteiger partial charge < -0.3 is 20.7 Å². The maximum absolute atomic E-state index is 13.7. The number of thiophene rings is 1. The SMILES string of the molecule is CCOC(=O)c1c(NC(=O)C(CC)Sc2cccc(NC(=O)/C(=C/c3ccccc3)NC(=O)c3ccccc3)c2)sc2c1CCCCCC2. The molecule has 4 aromatic rings. The summed E-state index contributed by atoms with van der Waals surface area (Å²) >= 11 is 2.87. The summed E-state index contributed by atoms with van der Waals surface area (Å²) in [4.78, 5) is 55.2. The number of carbonyl (C=O) groups is 4. The van der Waals surface area contributed by atoms with Crippen molar-refractivity contribution in [1.29, 1.82) is 0 Å². The van der Waals surface area contributed by atoms with E-state index in [1.54, 1.807) is 49.4 Å². The third-order valence-corrected chi connectivity index (χ3v) is 10.6. The molecule has 0 bridgehead atoms. The highest BCUT2D eigenvalue weighted by atomic mass is 32.2. The molecule has 1 aliphatic rings. The predicted octanol–water partition coefficient (Wildman–Crippen LogP) is 8.50. The zero-order chi connectivity index (χ0) is 34.6. The molecule has 0 fully saturated rings. The predicted molar refractivity (Wildman–Crippen MR) is 198 cm³/mol. The lowest BCUT2D eigenvalue weighted by Gasteiger charge is -2.16. The van der Waals surface area contributed by atoms with Crippen LogP contribution < -0.4 is 16.0 Å². The molecule has 5 rings (SSSR count). The van der Waals surface area contributed by atoms with Gasteiger partial charge in [-0.05, 0) is 86.6 Å². The number of aryl methyl sites for hydroxylation is 1. The van der Waals surface area contributed by atoms with Gasteiger partial charge in [0.1, 0.15) is 10.7 Å². The van der Waals surface area contributed by atoms with Crippen molar-refractivity contribution >= 4 is 63.6 Å². The number of carbonyl (C=O) groups excluding carboxylic acids is 4. The maximum atomic E-state index is 13.7. The van der Waals surface area contributed by atoms with Crippen molar-refractivity contribution in [2.75, 3.05) is 17.2 Å². The molecular weight excluding hydrogens is 655 g/mol. The van der Waals surface area contributed by atoms with Crippen molar-refractivity contribution in [2.24, 2.45) is 0 Å². The summed E-state index contributed by atoms with van der Waals surface area (Å²) in [6.45, 7) is 3.99. The van der Waals surface area contributed by atoms with Crippen LogP contribution in [0.5, 0.6) is 0 Å². The number of amides is 3. The fourth-order valence-electron chi connectivity index (χ4n) is 5.61. The largest absolute Gasteiger partial charge is 0.462 e. The first kappa shape index (κ1) is 35.6. The van der Waals surface area contributed by atoms with E-state index in [0.717, 1.165) is 59.4 Å². The van der Waals surface area contributed by atoms with Crippen LogP contribution in [0.15, 0.2) is 95.5 Å². The van der Waals surface area contributed by atoms with E-state index in [0.29, 0.717) is 28.2 Å². The van der Waals surface area contributed by atoms with Crippen molar-refractivity contribution in [1.82, 2.24) is 5.32 Å². The number of hydrogen-bond acceptors (Lipinski definition) is 7. The minimum atomic E-state index is -0.486. The lowest BCUT2D eigenvalue weighted by atomic mass is 9.96. The Balaban J connectivity index is 1.31. The number of hydrogen-bond donors (Lipinski definition) is 3. The van der Waals surface area contributed by atoms with E-state index < -0.39 is 17.1 Å². The average Bonchev–Trinajstić information content (AvgIpc) is 3.43. The number of thioether (sulfide) groups is 1. The number of rotatable bonds is 12. The van der Waals surface area contributed by atoms with Crippen molar-refractivity contribution in [3.8, 4) is 0 Å². The molecule has 0 saturated carbocycles. The van der Waals surface area contributed by atoms with Crippen molar-refractivity contribution < 1.29 is 23.9 Å². The second-order valence-corrected chi connectivity index (χ2v) is 14.0. The molecular formula is C39H41N3O5S2. The molecule has 0 spiro atoms. The van der Waals surface area contributed by atoms with Crippen LogP contribution in [0.1, 0.15) is 82.7 Å². The van der Waals surface area contributed by atoms with E-state index in [1.807, 2.05) is 55.5 Å². The lowest BCUT2D eigenvalue weighted by Crippen LogP contribution is -2.30. The minimum absolute atomic E-state index is 0.0892. The molecule has 8 nitrogen and oxygen atoms in total. The van der Waals surface area contributed by atoms with Gasteiger partial charge in [0, 0.05) is 21.0 Å². The van der Waals surface area contributed by atoms with E-state index in [1.165, 1.54) is 23.1 Å². The summed E-state index contributed by atoms with van der Waals surface area (Å²) < 4.78 is 5.42. The van der Waals surface area contributed by atoms with Crippen molar-refractivity contribution in [3.63, 3.8) is 0 Å². The van der Waals surface area contributed by atoms with E-state index in [4.69, 9.17) is 4.74 Å². The molecule has 10 heteroatoms. The quantitative estimate of drug-likeness (QED) is 0.0778. The molecule has 254 valence electrons. The maximum Gasteiger partial charge on any atom is 0.341 e. The van der Waals surface area contributed by atoms with E-state index in [9.17, 15) is 19.2 Å². The zero-order valence-electron chi connectivity index (χ0n) is 27.8. The van der Waals surface area contributed by atoms with Gasteiger partial charge in [-0.25, -0.2) is 4.79 Å². The first-order chi connectivity index (χ1) is 23.9. The van der Waals surface area contributed by atoms with Crippen LogP contribution in [-0.4, -0.2) is 35.5 Å². The van der Waals surface area contributed by atoms with Crippen LogP contribution in [0.25, 0.3) is 6.08 Å². The molecule has 3 N–H and O–H groups in total. The monoisotopic (exact) mass is 695 g/mol. The number of esters is 1. The van der Waals surface area contributed by atoms with E-state index in [2.05, 4.69) is 16.0 Å². The van der Waals surface area contributed by atoms with Gasteiger partial charge in [-0.2, -0.15) is 0 Å². The third kappa shape index (κ3) is 9.70. The van der Waals surface area contributed by atoms with E-state index in [-0.39, 0.29) is 24.2 Å².